The van der Waals surface area contributed by atoms with Crippen molar-refractivity contribution in [1.29, 1.82) is 0 Å². The number of carboxylic acids is 2. The zero-order valence-electron chi connectivity index (χ0n) is 7.66. The minimum atomic E-state index is -1.23. The summed E-state index contributed by atoms with van der Waals surface area (Å²) in [4.78, 5) is 18.4. The molecule has 0 amide bonds. The minimum absolute atomic E-state index is 0.722. The molecule has 5 heteroatoms. The normalized spacial score (nSPS) is 6.31. The highest BCUT2D eigenvalue weighted by molar-refractivity contribution is 5.78. The average Bonchev–Trinajstić information content (AvgIpc) is 2.07. The summed E-state index contributed by atoms with van der Waals surface area (Å²) in [6, 6.07) is 0. The molecule has 0 fully saturated rings. The highest BCUT2D eigenvalue weighted by Gasteiger charge is 1.73. The predicted octanol–water partition coefficient (Wildman–Crippen LogP) is -1.57. The zero-order chi connectivity index (χ0) is 11.3. The Morgan fingerprint density at radius 1 is 1.46 bits per heavy atom. The Labute approximate surface area is 77.2 Å². The molecule has 0 aliphatic rings. The van der Waals surface area contributed by atoms with Gasteiger partial charge in [0.25, 0.3) is 0 Å². The van der Waals surface area contributed by atoms with Crippen LogP contribution in [0.5, 0.6) is 0 Å². The Bertz CT molecular complexity index is 148. The molecular weight excluding hydrogens is 174 g/mol. The minimum Gasteiger partial charge on any atom is -0.545 e. The van der Waals surface area contributed by atoms with Crippen LogP contribution in [0.2, 0.25) is 0 Å². The number of carbonyl (C=O) groups is 2. The molecule has 0 atom stereocenters. The van der Waals surface area contributed by atoms with Crippen LogP contribution in [0.3, 0.4) is 0 Å². The molecule has 0 saturated heterocycles. The van der Waals surface area contributed by atoms with Crippen molar-refractivity contribution in [3.8, 4) is 0 Å². The van der Waals surface area contributed by atoms with E-state index in [0.29, 0.717) is 0 Å². The Balaban J connectivity index is -0.000000120. The van der Waals surface area contributed by atoms with Crippen LogP contribution >= 0.6 is 0 Å². The van der Waals surface area contributed by atoms with E-state index in [0.717, 1.165) is 18.7 Å². The smallest absolute Gasteiger partial charge is 0.327 e. The quantitative estimate of drug-likeness (QED) is 0.512. The van der Waals surface area contributed by atoms with E-state index in [9.17, 15) is 4.79 Å². The monoisotopic (exact) mass is 189 g/mol. The molecule has 13 heavy (non-hydrogen) atoms. The summed E-state index contributed by atoms with van der Waals surface area (Å²) in [5, 5.41) is 16.7. The molecule has 0 aliphatic carbocycles. The maximum atomic E-state index is 9.25. The molecule has 0 bridgehead atoms. The molecule has 0 aromatic heterocycles. The fourth-order valence-corrected chi connectivity index (χ4v) is 0. The number of hydrogen-bond donors (Lipinski definition) is 2. The van der Waals surface area contributed by atoms with Gasteiger partial charge in [-0.3, -0.25) is 0 Å². The first-order valence-electron chi connectivity index (χ1n) is 3.44. The summed E-state index contributed by atoms with van der Waals surface area (Å²) in [5.41, 5.74) is 3.49. The predicted molar refractivity (Wildman–Crippen MR) is 46.5 cm³/mol. The van der Waals surface area contributed by atoms with E-state index in [1.54, 1.807) is 0 Å². The third kappa shape index (κ3) is 129. The van der Waals surface area contributed by atoms with Crippen molar-refractivity contribution in [2.24, 2.45) is 0 Å². The van der Waals surface area contributed by atoms with E-state index in [1.165, 1.54) is 0 Å². The van der Waals surface area contributed by atoms with Crippen molar-refractivity contribution in [1.82, 2.24) is 0 Å². The molecule has 4 N–H and O–H groups in total. The molecule has 0 rings (SSSR count). The van der Waals surface area contributed by atoms with Gasteiger partial charge < -0.3 is 20.7 Å². The van der Waals surface area contributed by atoms with Gasteiger partial charge in [-0.05, 0) is 13.0 Å². The van der Waals surface area contributed by atoms with Gasteiger partial charge in [0.15, 0.2) is 0 Å². The van der Waals surface area contributed by atoms with Crippen LogP contribution in [-0.4, -0.2) is 23.6 Å². The van der Waals surface area contributed by atoms with Crippen LogP contribution in [0.4, 0.5) is 0 Å². The highest BCUT2D eigenvalue weighted by atomic mass is 16.4. The first-order valence-corrected chi connectivity index (χ1v) is 3.44. The fraction of sp³-hybridized carbons (Fsp3) is 0.250. The lowest BCUT2D eigenvalue weighted by Crippen LogP contribution is -2.48. The first kappa shape index (κ1) is 17.5. The molecule has 5 nitrogen and oxygen atoms in total. The number of carboxylic acid groups (broad SMARTS) is 2. The molecule has 0 aromatic rings. The second kappa shape index (κ2) is 16.8. The first-order chi connectivity index (χ1) is 5.95. The second-order valence-electron chi connectivity index (χ2n) is 1.57. The van der Waals surface area contributed by atoms with Gasteiger partial charge in [-0.1, -0.05) is 13.2 Å². The summed E-state index contributed by atoms with van der Waals surface area (Å²) in [6.07, 6.45) is 1.56. The fourth-order valence-electron chi connectivity index (χ4n) is 0. The van der Waals surface area contributed by atoms with Crippen molar-refractivity contribution in [2.45, 2.75) is 6.92 Å². The average molecular weight is 189 g/mol. The molecule has 0 aromatic carbocycles. The number of aliphatic carboxylic acids is 2. The largest absolute Gasteiger partial charge is 0.545 e. The molecule has 0 heterocycles. The van der Waals surface area contributed by atoms with Crippen LogP contribution in [0, 0.1) is 0 Å². The molecule has 0 radical (unpaired) electrons. The highest BCUT2D eigenvalue weighted by Crippen LogP contribution is 1.54. The van der Waals surface area contributed by atoms with E-state index in [2.05, 4.69) is 18.9 Å². The Morgan fingerprint density at radius 3 is 1.62 bits per heavy atom. The summed E-state index contributed by atoms with van der Waals surface area (Å²) >= 11 is 0. The van der Waals surface area contributed by atoms with Crippen molar-refractivity contribution in [3.63, 3.8) is 0 Å². The number of hydrogen-bond acceptors (Lipinski definition) is 3. The van der Waals surface area contributed by atoms with Gasteiger partial charge in [0.05, 0.1) is 12.5 Å². The van der Waals surface area contributed by atoms with Crippen LogP contribution in [0.25, 0.3) is 0 Å². The third-order valence-corrected chi connectivity index (χ3v) is 0.341. The summed E-state index contributed by atoms with van der Waals surface area (Å²) in [7, 11) is 0. The molecule has 0 spiro atoms. The van der Waals surface area contributed by atoms with Gasteiger partial charge in [-0.15, -0.1) is 0 Å². The molecule has 0 unspecified atom stereocenters. The van der Waals surface area contributed by atoms with Crippen LogP contribution in [0.1, 0.15) is 6.92 Å². The lowest BCUT2D eigenvalue weighted by Gasteiger charge is -1.81. The van der Waals surface area contributed by atoms with E-state index < -0.39 is 11.9 Å². The Kier molecular flexibility index (Phi) is 22.5. The SMILES string of the molecule is C=CC(=O)O.C=CC(=O)[O-].CC[NH3+]. The Morgan fingerprint density at radius 2 is 1.62 bits per heavy atom. The second-order valence-corrected chi connectivity index (χ2v) is 1.57. The maximum Gasteiger partial charge on any atom is 0.327 e. The standard InChI is InChI=1S/2C3H4O2.C2H7N/c2*1-2-3(4)5;1-2-3/h2*2H,1H2,(H,4,5);2-3H2,1H3. The van der Waals surface area contributed by atoms with Crippen LogP contribution in [-0.2, 0) is 9.59 Å². The van der Waals surface area contributed by atoms with Gasteiger partial charge in [0, 0.05) is 6.08 Å². The third-order valence-electron chi connectivity index (χ3n) is 0.341. The van der Waals surface area contributed by atoms with Crippen LogP contribution < -0.4 is 10.8 Å². The zero-order valence-corrected chi connectivity index (χ0v) is 7.66. The van der Waals surface area contributed by atoms with Gasteiger partial charge in [-0.25, -0.2) is 4.79 Å². The van der Waals surface area contributed by atoms with E-state index >= 15 is 0 Å². The van der Waals surface area contributed by atoms with Gasteiger partial charge >= 0.3 is 5.97 Å². The van der Waals surface area contributed by atoms with Crippen LogP contribution in [0.15, 0.2) is 25.3 Å². The maximum absolute atomic E-state index is 9.25. The topological polar surface area (TPSA) is 105 Å². The van der Waals surface area contributed by atoms with Crippen molar-refractivity contribution < 1.29 is 25.5 Å². The Hall–Kier alpha value is -1.62. The van der Waals surface area contributed by atoms with Gasteiger partial charge in [0.1, 0.15) is 0 Å². The van der Waals surface area contributed by atoms with Crippen molar-refractivity contribution in [3.05, 3.63) is 25.3 Å². The lowest BCUT2D eigenvalue weighted by molar-refractivity contribution is -0.361. The van der Waals surface area contributed by atoms with E-state index in [4.69, 9.17) is 15.0 Å². The molecular formula is C8H15NO4. The number of rotatable bonds is 2. The molecule has 76 valence electrons. The van der Waals surface area contributed by atoms with Crippen molar-refractivity contribution in [2.75, 3.05) is 6.54 Å². The lowest BCUT2D eigenvalue weighted by atomic mass is 10.7. The van der Waals surface area contributed by atoms with Gasteiger partial charge in [-0.2, -0.15) is 0 Å². The van der Waals surface area contributed by atoms with Gasteiger partial charge in [0.2, 0.25) is 0 Å². The van der Waals surface area contributed by atoms with E-state index in [1.807, 2.05) is 6.92 Å². The van der Waals surface area contributed by atoms with E-state index in [-0.39, 0.29) is 0 Å². The molecule has 0 aliphatic heterocycles. The molecule has 0 saturated carbocycles. The summed E-state index contributed by atoms with van der Waals surface area (Å²) < 4.78 is 0. The summed E-state index contributed by atoms with van der Waals surface area (Å²) in [5.74, 6) is -2.21. The number of carbonyl (C=O) groups excluding carboxylic acids is 1. The van der Waals surface area contributed by atoms with Crippen molar-refractivity contribution >= 4 is 11.9 Å². The summed E-state index contributed by atoms with van der Waals surface area (Å²) in [6.45, 7) is 8.87. The number of quaternary nitrogens is 1.